The second-order valence-electron chi connectivity index (χ2n) is 3.86. The Labute approximate surface area is 119 Å². The lowest BCUT2D eigenvalue weighted by Gasteiger charge is -2.04. The van der Waals surface area contributed by atoms with Crippen LogP contribution in [-0.2, 0) is 5.75 Å². The van der Waals surface area contributed by atoms with Gasteiger partial charge >= 0.3 is 5.97 Å². The second kappa shape index (κ2) is 6.08. The molecule has 2 aromatic rings. The van der Waals surface area contributed by atoms with Crippen LogP contribution in [0.25, 0.3) is 0 Å². The van der Waals surface area contributed by atoms with E-state index < -0.39 is 11.8 Å². The number of halogens is 2. The van der Waals surface area contributed by atoms with Crippen LogP contribution in [0.3, 0.4) is 0 Å². The van der Waals surface area contributed by atoms with E-state index in [4.69, 9.17) is 16.7 Å². The Hall–Kier alpha value is -1.52. The zero-order valence-electron chi connectivity index (χ0n) is 9.77. The van der Waals surface area contributed by atoms with Gasteiger partial charge in [-0.05, 0) is 42.0 Å². The molecular weight excluding hydrogens is 287 g/mol. The van der Waals surface area contributed by atoms with E-state index in [0.29, 0.717) is 10.8 Å². The summed E-state index contributed by atoms with van der Waals surface area (Å²) in [4.78, 5) is 11.8. The molecule has 0 unspecified atom stereocenters. The molecule has 1 N–H and O–H groups in total. The molecule has 0 saturated carbocycles. The molecule has 0 heterocycles. The van der Waals surface area contributed by atoms with Gasteiger partial charge in [-0.3, -0.25) is 0 Å². The molecule has 0 bridgehead atoms. The summed E-state index contributed by atoms with van der Waals surface area (Å²) in [5.41, 5.74) is 0.466. The van der Waals surface area contributed by atoms with Gasteiger partial charge in [-0.25, -0.2) is 9.18 Å². The number of aromatic carboxylic acids is 1. The van der Waals surface area contributed by atoms with Gasteiger partial charge in [-0.1, -0.05) is 17.7 Å². The first kappa shape index (κ1) is 13.9. The van der Waals surface area contributed by atoms with Crippen molar-refractivity contribution in [2.24, 2.45) is 0 Å². The van der Waals surface area contributed by atoms with Crippen LogP contribution in [0.4, 0.5) is 4.39 Å². The van der Waals surface area contributed by atoms with E-state index in [0.717, 1.165) is 10.5 Å². The highest BCUT2D eigenvalue weighted by Crippen LogP contribution is 2.25. The van der Waals surface area contributed by atoms with Crippen LogP contribution >= 0.6 is 23.4 Å². The topological polar surface area (TPSA) is 37.3 Å². The Morgan fingerprint density at radius 1 is 1.21 bits per heavy atom. The first-order chi connectivity index (χ1) is 9.06. The van der Waals surface area contributed by atoms with Crippen molar-refractivity contribution in [3.05, 3.63) is 64.4 Å². The maximum atomic E-state index is 13.2. The largest absolute Gasteiger partial charge is 0.478 e. The molecule has 0 fully saturated rings. The molecule has 0 aliphatic rings. The second-order valence-corrected chi connectivity index (χ2v) is 5.35. The third kappa shape index (κ3) is 3.72. The van der Waals surface area contributed by atoms with Gasteiger partial charge in [0.05, 0.1) is 5.56 Å². The summed E-state index contributed by atoms with van der Waals surface area (Å²) in [6.45, 7) is 0. The van der Waals surface area contributed by atoms with E-state index in [1.807, 2.05) is 12.1 Å². The predicted octanol–water partition coefficient (Wildman–Crippen LogP) is 4.47. The summed E-state index contributed by atoms with van der Waals surface area (Å²) in [5.74, 6) is -1.40. The van der Waals surface area contributed by atoms with Gasteiger partial charge in [-0.2, -0.15) is 0 Å². The lowest BCUT2D eigenvalue weighted by Crippen LogP contribution is -2.01. The van der Waals surface area contributed by atoms with Crippen molar-refractivity contribution < 1.29 is 14.3 Å². The SMILES string of the molecule is O=C(O)c1cc(CSc2ccc(Cl)cc2)ccc1F. The highest BCUT2D eigenvalue weighted by Gasteiger charge is 2.10. The van der Waals surface area contributed by atoms with Crippen molar-refractivity contribution in [1.82, 2.24) is 0 Å². The maximum Gasteiger partial charge on any atom is 0.338 e. The van der Waals surface area contributed by atoms with Gasteiger partial charge in [0, 0.05) is 15.7 Å². The van der Waals surface area contributed by atoms with Gasteiger partial charge in [0.1, 0.15) is 5.82 Å². The smallest absolute Gasteiger partial charge is 0.338 e. The number of hydrogen-bond donors (Lipinski definition) is 1. The van der Waals surface area contributed by atoms with Gasteiger partial charge in [0.2, 0.25) is 0 Å². The number of carbonyl (C=O) groups is 1. The van der Waals surface area contributed by atoms with E-state index in [9.17, 15) is 9.18 Å². The Morgan fingerprint density at radius 2 is 1.89 bits per heavy atom. The van der Waals surface area contributed by atoms with Crippen LogP contribution < -0.4 is 0 Å². The fraction of sp³-hybridized carbons (Fsp3) is 0.0714. The molecule has 0 saturated heterocycles. The average Bonchev–Trinajstić information content (AvgIpc) is 2.39. The summed E-state index contributed by atoms with van der Waals surface area (Å²) in [7, 11) is 0. The highest BCUT2D eigenvalue weighted by atomic mass is 35.5. The minimum absolute atomic E-state index is 0.297. The molecule has 0 radical (unpaired) electrons. The molecule has 0 aromatic heterocycles. The van der Waals surface area contributed by atoms with E-state index in [1.165, 1.54) is 23.9 Å². The highest BCUT2D eigenvalue weighted by molar-refractivity contribution is 7.98. The van der Waals surface area contributed by atoms with Gasteiger partial charge in [0.25, 0.3) is 0 Å². The third-order valence-corrected chi connectivity index (χ3v) is 3.82. The number of benzene rings is 2. The van der Waals surface area contributed by atoms with E-state index in [-0.39, 0.29) is 5.56 Å². The molecule has 98 valence electrons. The van der Waals surface area contributed by atoms with Gasteiger partial charge < -0.3 is 5.11 Å². The van der Waals surface area contributed by atoms with E-state index in [1.54, 1.807) is 18.2 Å². The summed E-state index contributed by atoms with van der Waals surface area (Å²) in [5, 5.41) is 9.51. The number of carboxylic acid groups (broad SMARTS) is 1. The van der Waals surface area contributed by atoms with Crippen molar-refractivity contribution in [2.75, 3.05) is 0 Å². The quantitative estimate of drug-likeness (QED) is 0.846. The van der Waals surface area contributed by atoms with Crippen LogP contribution in [0.15, 0.2) is 47.4 Å². The molecular formula is C14H10ClFO2S. The molecule has 0 amide bonds. The number of hydrogen-bond acceptors (Lipinski definition) is 2. The first-order valence-corrected chi connectivity index (χ1v) is 6.83. The number of carboxylic acids is 1. The van der Waals surface area contributed by atoms with Gasteiger partial charge in [-0.15, -0.1) is 11.8 Å². The fourth-order valence-corrected chi connectivity index (χ4v) is 2.49. The zero-order valence-corrected chi connectivity index (χ0v) is 11.3. The standard InChI is InChI=1S/C14H10ClFO2S/c15-10-2-4-11(5-3-10)19-8-9-1-6-13(16)12(7-9)14(17)18/h1-7H,8H2,(H,17,18). The summed E-state index contributed by atoms with van der Waals surface area (Å²) >= 11 is 7.32. The van der Waals surface area contributed by atoms with Crippen molar-refractivity contribution in [3.63, 3.8) is 0 Å². The average molecular weight is 297 g/mol. The Morgan fingerprint density at radius 3 is 2.53 bits per heavy atom. The number of rotatable bonds is 4. The van der Waals surface area contributed by atoms with Gasteiger partial charge in [0.15, 0.2) is 0 Å². The molecule has 0 atom stereocenters. The molecule has 0 aliphatic heterocycles. The van der Waals surface area contributed by atoms with Crippen molar-refractivity contribution in [2.45, 2.75) is 10.6 Å². The third-order valence-electron chi connectivity index (χ3n) is 2.48. The predicted molar refractivity (Wildman–Crippen MR) is 74.4 cm³/mol. The zero-order chi connectivity index (χ0) is 13.8. The molecule has 0 spiro atoms. The molecule has 5 heteroatoms. The molecule has 2 rings (SSSR count). The Kier molecular flexibility index (Phi) is 4.45. The molecule has 2 nitrogen and oxygen atoms in total. The van der Waals surface area contributed by atoms with E-state index >= 15 is 0 Å². The Balaban J connectivity index is 2.09. The molecule has 2 aromatic carbocycles. The van der Waals surface area contributed by atoms with Crippen LogP contribution in [0.1, 0.15) is 15.9 Å². The molecule has 0 aliphatic carbocycles. The summed E-state index contributed by atoms with van der Waals surface area (Å²) < 4.78 is 13.2. The van der Waals surface area contributed by atoms with E-state index in [2.05, 4.69) is 0 Å². The van der Waals surface area contributed by atoms with Crippen molar-refractivity contribution in [1.29, 1.82) is 0 Å². The minimum Gasteiger partial charge on any atom is -0.478 e. The van der Waals surface area contributed by atoms with Crippen LogP contribution in [-0.4, -0.2) is 11.1 Å². The van der Waals surface area contributed by atoms with Crippen LogP contribution in [0.2, 0.25) is 5.02 Å². The van der Waals surface area contributed by atoms with Crippen LogP contribution in [0, 0.1) is 5.82 Å². The van der Waals surface area contributed by atoms with Crippen LogP contribution in [0.5, 0.6) is 0 Å². The Bertz CT molecular complexity index is 599. The summed E-state index contributed by atoms with van der Waals surface area (Å²) in [6, 6.07) is 11.5. The first-order valence-electron chi connectivity index (χ1n) is 5.46. The normalized spacial score (nSPS) is 10.4. The van der Waals surface area contributed by atoms with Crippen molar-refractivity contribution >= 4 is 29.3 Å². The lowest BCUT2D eigenvalue weighted by molar-refractivity contribution is 0.0692. The van der Waals surface area contributed by atoms with Crippen molar-refractivity contribution in [3.8, 4) is 0 Å². The summed E-state index contributed by atoms with van der Waals surface area (Å²) in [6.07, 6.45) is 0. The maximum absolute atomic E-state index is 13.2. The number of thioether (sulfide) groups is 1. The minimum atomic E-state index is -1.25. The molecule has 19 heavy (non-hydrogen) atoms. The fourth-order valence-electron chi connectivity index (χ4n) is 1.52. The lowest BCUT2D eigenvalue weighted by atomic mass is 10.1. The monoisotopic (exact) mass is 296 g/mol.